The lowest BCUT2D eigenvalue weighted by molar-refractivity contribution is -0.148. The number of benzene rings is 1. The molecule has 0 fully saturated rings. The van der Waals surface area contributed by atoms with Crippen LogP contribution < -0.4 is 0 Å². The summed E-state index contributed by atoms with van der Waals surface area (Å²) in [4.78, 5) is 28.7. The molecule has 1 heterocycles. The van der Waals surface area contributed by atoms with E-state index in [4.69, 9.17) is 9.47 Å². The highest BCUT2D eigenvalue weighted by Gasteiger charge is 2.31. The number of hydrogen-bond donors (Lipinski definition) is 0. The molecular formula is C33H53IN2O4. The monoisotopic (exact) mass is 668 g/mol. The highest BCUT2D eigenvalue weighted by molar-refractivity contribution is 14.0. The maximum atomic E-state index is 12.7. The summed E-state index contributed by atoms with van der Waals surface area (Å²) in [5, 5.41) is 0. The van der Waals surface area contributed by atoms with Crippen molar-refractivity contribution in [1.29, 1.82) is 0 Å². The van der Waals surface area contributed by atoms with Gasteiger partial charge in [-0.1, -0.05) is 102 Å². The maximum Gasteiger partial charge on any atom is 0.333 e. The molecule has 2 atom stereocenters. The van der Waals surface area contributed by atoms with Crippen molar-refractivity contribution in [3.63, 3.8) is 0 Å². The predicted octanol–water partition coefficient (Wildman–Crippen LogP) is 8.36. The van der Waals surface area contributed by atoms with E-state index < -0.39 is 0 Å². The first-order chi connectivity index (χ1) is 18.9. The topological polar surface area (TPSA) is 59.1 Å². The fourth-order valence-electron chi connectivity index (χ4n) is 5.13. The van der Waals surface area contributed by atoms with Gasteiger partial charge in [-0.05, 0) is 38.2 Å². The molecule has 0 aromatic heterocycles. The minimum atomic E-state index is -0.296. The molecule has 2 rings (SSSR count). The van der Waals surface area contributed by atoms with Gasteiger partial charge in [-0.15, -0.1) is 24.0 Å². The number of hydrogen-bond acceptors (Lipinski definition) is 6. The Hall–Kier alpha value is -2.03. The smallest absolute Gasteiger partial charge is 0.333 e. The summed E-state index contributed by atoms with van der Waals surface area (Å²) >= 11 is 0. The number of halogens is 1. The van der Waals surface area contributed by atoms with Crippen LogP contribution in [0.3, 0.4) is 0 Å². The van der Waals surface area contributed by atoms with E-state index in [1.54, 1.807) is 6.92 Å². The lowest BCUT2D eigenvalue weighted by Gasteiger charge is -2.35. The predicted molar refractivity (Wildman–Crippen MR) is 174 cm³/mol. The van der Waals surface area contributed by atoms with Crippen LogP contribution in [-0.4, -0.2) is 47.7 Å². The molecule has 0 radical (unpaired) electrons. The van der Waals surface area contributed by atoms with Gasteiger partial charge in [0.1, 0.15) is 6.10 Å². The van der Waals surface area contributed by atoms with Crippen molar-refractivity contribution in [2.24, 2.45) is 0 Å². The highest BCUT2D eigenvalue weighted by Crippen LogP contribution is 2.26. The largest absolute Gasteiger partial charge is 0.469 e. The summed E-state index contributed by atoms with van der Waals surface area (Å²) in [6.07, 6.45) is 18.9. The Kier molecular flexibility index (Phi) is 19.5. The molecule has 0 saturated heterocycles. The number of methoxy groups -OCH3 is 1. The van der Waals surface area contributed by atoms with Gasteiger partial charge in [-0.3, -0.25) is 4.79 Å². The summed E-state index contributed by atoms with van der Waals surface area (Å²) in [6, 6.07) is 10.7. The first kappa shape index (κ1) is 36.0. The minimum absolute atomic E-state index is 0. The van der Waals surface area contributed by atoms with Crippen molar-refractivity contribution in [1.82, 2.24) is 9.80 Å². The molecule has 226 valence electrons. The summed E-state index contributed by atoms with van der Waals surface area (Å²) in [7, 11) is 1.44. The Morgan fingerprint density at radius 3 is 2.17 bits per heavy atom. The average molecular weight is 669 g/mol. The first-order valence-electron chi connectivity index (χ1n) is 15.1. The second kappa shape index (κ2) is 21.7. The van der Waals surface area contributed by atoms with E-state index >= 15 is 0 Å². The summed E-state index contributed by atoms with van der Waals surface area (Å²) in [5.41, 5.74) is 1.73. The van der Waals surface area contributed by atoms with Gasteiger partial charge in [0.2, 0.25) is 0 Å². The van der Waals surface area contributed by atoms with Crippen LogP contribution in [0.4, 0.5) is 0 Å². The van der Waals surface area contributed by atoms with Gasteiger partial charge >= 0.3 is 11.9 Å². The van der Waals surface area contributed by atoms with E-state index in [9.17, 15) is 9.59 Å². The second-order valence-corrected chi connectivity index (χ2v) is 10.9. The number of unbranched alkanes of at least 4 members (excludes halogenated alkanes) is 9. The van der Waals surface area contributed by atoms with Gasteiger partial charge in [0.25, 0.3) is 0 Å². The summed E-state index contributed by atoms with van der Waals surface area (Å²) in [5.74, 6) is -0.436. The van der Waals surface area contributed by atoms with Crippen molar-refractivity contribution in [3.05, 3.63) is 60.4 Å². The van der Waals surface area contributed by atoms with E-state index in [1.165, 1.54) is 44.8 Å². The Bertz CT molecular complexity index is 876. The quantitative estimate of drug-likeness (QED) is 0.0568. The molecule has 0 aliphatic carbocycles. The molecular weight excluding hydrogens is 615 g/mol. The summed E-state index contributed by atoms with van der Waals surface area (Å²) < 4.78 is 10.8. The zero-order valence-corrected chi connectivity index (χ0v) is 27.5. The number of esters is 2. The standard InChI is InChI=1S/C33H52N2O4.HI/c1-5-6-7-8-10-16-21-30(35-25-24-34(27-35)26-29-19-14-13-15-20-29)31(39-33(37)28(2)3)22-17-11-9-12-18-23-32(36)38-4;/h13-15,19-20,24-25,30-31H,2,5-12,16-18,21-23,26-27H2,1,3-4H3;1H. The van der Waals surface area contributed by atoms with Gasteiger partial charge in [0.05, 0.1) is 19.8 Å². The van der Waals surface area contributed by atoms with Crippen LogP contribution >= 0.6 is 24.0 Å². The van der Waals surface area contributed by atoms with Gasteiger partial charge in [-0.2, -0.15) is 0 Å². The van der Waals surface area contributed by atoms with E-state index in [0.717, 1.165) is 64.6 Å². The van der Waals surface area contributed by atoms with Crippen LogP contribution in [0.25, 0.3) is 0 Å². The molecule has 0 N–H and O–H groups in total. The molecule has 1 aliphatic rings. The van der Waals surface area contributed by atoms with Crippen LogP contribution in [0.1, 0.15) is 109 Å². The van der Waals surface area contributed by atoms with E-state index in [1.807, 2.05) is 6.07 Å². The Labute approximate surface area is 260 Å². The number of carbonyl (C=O) groups excluding carboxylic acids is 2. The van der Waals surface area contributed by atoms with Crippen molar-refractivity contribution in [2.75, 3.05) is 13.8 Å². The van der Waals surface area contributed by atoms with Crippen LogP contribution in [0.5, 0.6) is 0 Å². The van der Waals surface area contributed by atoms with Crippen molar-refractivity contribution in [2.45, 2.75) is 122 Å². The molecule has 2 unspecified atom stereocenters. The van der Waals surface area contributed by atoms with E-state index in [0.29, 0.717) is 12.0 Å². The van der Waals surface area contributed by atoms with Gasteiger partial charge in [0, 0.05) is 30.9 Å². The fraction of sp³-hybridized carbons (Fsp3) is 0.636. The Morgan fingerprint density at radius 1 is 0.900 bits per heavy atom. The van der Waals surface area contributed by atoms with E-state index in [2.05, 4.69) is 60.0 Å². The molecule has 0 saturated carbocycles. The Morgan fingerprint density at radius 2 is 1.52 bits per heavy atom. The molecule has 6 nitrogen and oxygen atoms in total. The molecule has 1 aromatic carbocycles. The average Bonchev–Trinajstić information content (AvgIpc) is 3.39. The number of rotatable bonds is 21. The molecule has 0 spiro atoms. The SMILES string of the molecule is C=C(C)C(=O)OC(CCCCCCCC(=O)OC)C(CCCCCCCC)N1C=CN(Cc2ccccc2)C1.I. The van der Waals surface area contributed by atoms with Crippen LogP contribution in [-0.2, 0) is 25.6 Å². The second-order valence-electron chi connectivity index (χ2n) is 10.9. The number of ether oxygens (including phenoxy) is 2. The number of carbonyl (C=O) groups is 2. The van der Waals surface area contributed by atoms with Crippen molar-refractivity contribution < 1.29 is 19.1 Å². The number of nitrogens with zero attached hydrogens (tertiary/aromatic N) is 2. The third-order valence-corrected chi connectivity index (χ3v) is 7.46. The van der Waals surface area contributed by atoms with Gasteiger partial charge < -0.3 is 19.3 Å². The lowest BCUT2D eigenvalue weighted by Crippen LogP contribution is -2.44. The normalized spacial score (nSPS) is 14.0. The molecule has 1 aromatic rings. The van der Waals surface area contributed by atoms with Crippen LogP contribution in [0, 0.1) is 0 Å². The van der Waals surface area contributed by atoms with Crippen molar-refractivity contribution in [3.8, 4) is 0 Å². The minimum Gasteiger partial charge on any atom is -0.469 e. The van der Waals surface area contributed by atoms with Gasteiger partial charge in [0.15, 0.2) is 0 Å². The summed E-state index contributed by atoms with van der Waals surface area (Å²) in [6.45, 7) is 9.46. The van der Waals surface area contributed by atoms with E-state index in [-0.39, 0.29) is 48.1 Å². The molecule has 0 bridgehead atoms. The molecule has 7 heteroatoms. The third kappa shape index (κ3) is 14.6. The lowest BCUT2D eigenvalue weighted by atomic mass is 9.96. The molecule has 1 aliphatic heterocycles. The highest BCUT2D eigenvalue weighted by atomic mass is 127. The maximum absolute atomic E-state index is 12.7. The zero-order chi connectivity index (χ0) is 28.3. The first-order valence-corrected chi connectivity index (χ1v) is 15.1. The third-order valence-electron chi connectivity index (χ3n) is 7.46. The fourth-order valence-corrected chi connectivity index (χ4v) is 5.13. The van der Waals surface area contributed by atoms with Crippen molar-refractivity contribution >= 4 is 35.9 Å². The van der Waals surface area contributed by atoms with Gasteiger partial charge in [-0.25, -0.2) is 4.79 Å². The molecule has 40 heavy (non-hydrogen) atoms. The van der Waals surface area contributed by atoms with Crippen LogP contribution in [0.15, 0.2) is 54.9 Å². The van der Waals surface area contributed by atoms with Crippen LogP contribution in [0.2, 0.25) is 0 Å². The zero-order valence-electron chi connectivity index (χ0n) is 25.2. The Balaban J connectivity index is 0.00000800. The molecule has 0 amide bonds.